The van der Waals surface area contributed by atoms with Gasteiger partial charge in [0.25, 0.3) is 0 Å². The summed E-state index contributed by atoms with van der Waals surface area (Å²) in [5.41, 5.74) is 2.92. The average Bonchev–Trinajstić information content (AvgIpc) is 2.69. The first-order valence-electron chi connectivity index (χ1n) is 5.21. The molecule has 0 heterocycles. The van der Waals surface area contributed by atoms with Gasteiger partial charge in [-0.3, -0.25) is 0 Å². The van der Waals surface area contributed by atoms with Crippen LogP contribution in [0.5, 0.6) is 0 Å². The van der Waals surface area contributed by atoms with Crippen molar-refractivity contribution in [2.24, 2.45) is 0 Å². The number of hydrogen-bond donors (Lipinski definition) is 0. The minimum atomic E-state index is -1.69. The van der Waals surface area contributed by atoms with Crippen molar-refractivity contribution in [1.82, 2.24) is 0 Å². The van der Waals surface area contributed by atoms with Crippen LogP contribution in [0.4, 0.5) is 0 Å². The summed E-state index contributed by atoms with van der Waals surface area (Å²) in [4.78, 5) is 0. The minimum absolute atomic E-state index is 0. The zero-order valence-electron chi connectivity index (χ0n) is 9.92. The third-order valence-corrected chi connectivity index (χ3v) is 5.93. The smallest absolute Gasteiger partial charge is 0.147 e. The first-order valence-corrected chi connectivity index (χ1v) is 10.00. The van der Waals surface area contributed by atoms with Crippen molar-refractivity contribution in [3.63, 3.8) is 0 Å². The molecule has 0 amide bonds. The molecule has 0 unspecified atom stereocenters. The molecule has 0 N–H and O–H groups in total. The SMILES string of the molecule is C[Si](C)(Cl)C1=C(C2=[C]([Ti])CC=C2)CC=C1.Cl.Cl. The Morgan fingerprint density at radius 1 is 1.12 bits per heavy atom. The largest absolute Gasteiger partial charge is 0.147 e. The number of allylic oxidation sites excluding steroid dienone is 8. The number of rotatable bonds is 2. The maximum atomic E-state index is 6.54. The fourth-order valence-electron chi connectivity index (χ4n) is 2.11. The van der Waals surface area contributed by atoms with Gasteiger partial charge in [-0.05, 0) is 0 Å². The van der Waals surface area contributed by atoms with Crippen LogP contribution in [0.1, 0.15) is 12.8 Å². The summed E-state index contributed by atoms with van der Waals surface area (Å²) < 4.78 is 1.49. The van der Waals surface area contributed by atoms with Crippen LogP contribution in [0.15, 0.2) is 44.5 Å². The molecule has 0 aromatic heterocycles. The Bertz CT molecular complexity index is 414. The van der Waals surface area contributed by atoms with Gasteiger partial charge in [-0.1, -0.05) is 0 Å². The molecule has 2 rings (SSSR count). The van der Waals surface area contributed by atoms with E-state index in [1.54, 1.807) is 0 Å². The molecule has 0 spiro atoms. The van der Waals surface area contributed by atoms with Crippen LogP contribution >= 0.6 is 35.9 Å². The van der Waals surface area contributed by atoms with Gasteiger partial charge in [0, 0.05) is 0 Å². The Hall–Kier alpha value is 0.761. The Morgan fingerprint density at radius 2 is 1.71 bits per heavy atom. The molecule has 2 aliphatic rings. The van der Waals surface area contributed by atoms with E-state index in [2.05, 4.69) is 57.8 Å². The molecule has 0 atom stereocenters. The third kappa shape index (κ3) is 3.86. The normalized spacial score (nSPS) is 18.5. The van der Waals surface area contributed by atoms with Gasteiger partial charge in [-0.2, -0.15) is 0 Å². The van der Waals surface area contributed by atoms with Crippen molar-refractivity contribution in [2.45, 2.75) is 25.9 Å². The van der Waals surface area contributed by atoms with Gasteiger partial charge < -0.3 is 0 Å². The van der Waals surface area contributed by atoms with Gasteiger partial charge in [-0.25, -0.2) is 0 Å². The van der Waals surface area contributed by atoms with Crippen LogP contribution in [-0.4, -0.2) is 7.38 Å². The van der Waals surface area contributed by atoms with Crippen molar-refractivity contribution < 1.29 is 20.4 Å². The summed E-state index contributed by atoms with van der Waals surface area (Å²) in [6.07, 6.45) is 11.2. The molecule has 0 bridgehead atoms. The minimum Gasteiger partial charge on any atom is -0.147 e. The van der Waals surface area contributed by atoms with Gasteiger partial charge in [0.1, 0.15) is 0 Å². The average molecular weight is 343 g/mol. The van der Waals surface area contributed by atoms with Crippen molar-refractivity contribution in [1.29, 1.82) is 0 Å². The Labute approximate surface area is 133 Å². The van der Waals surface area contributed by atoms with E-state index < -0.39 is 7.38 Å². The maximum absolute atomic E-state index is 6.54. The van der Waals surface area contributed by atoms with E-state index in [4.69, 9.17) is 11.1 Å². The fraction of sp³-hybridized carbons (Fsp3) is 0.333. The van der Waals surface area contributed by atoms with Crippen LogP contribution in [0.3, 0.4) is 0 Å². The molecule has 0 saturated heterocycles. The van der Waals surface area contributed by atoms with Crippen LogP contribution in [0.25, 0.3) is 0 Å². The van der Waals surface area contributed by atoms with Crippen LogP contribution in [0.2, 0.25) is 13.1 Å². The van der Waals surface area contributed by atoms with Gasteiger partial charge in [0.05, 0.1) is 0 Å². The van der Waals surface area contributed by atoms with E-state index in [9.17, 15) is 0 Å². The van der Waals surface area contributed by atoms with E-state index >= 15 is 0 Å². The molecule has 93 valence electrons. The summed E-state index contributed by atoms with van der Waals surface area (Å²) in [6.45, 7) is 4.40. The predicted octanol–water partition coefficient (Wildman–Crippen LogP) is 4.83. The molecule has 5 heteroatoms. The molecule has 0 aliphatic heterocycles. The van der Waals surface area contributed by atoms with E-state index in [1.165, 1.54) is 20.2 Å². The van der Waals surface area contributed by atoms with E-state index in [1.807, 2.05) is 0 Å². The first-order chi connectivity index (χ1) is 7.00. The zero-order chi connectivity index (χ0) is 11.1. The second-order valence-electron chi connectivity index (χ2n) is 4.47. The quantitative estimate of drug-likeness (QED) is 0.498. The van der Waals surface area contributed by atoms with Gasteiger partial charge in [0.15, 0.2) is 0 Å². The zero-order valence-corrected chi connectivity index (χ0v) is 14.9. The van der Waals surface area contributed by atoms with Crippen molar-refractivity contribution in [2.75, 3.05) is 0 Å². The number of halogens is 3. The van der Waals surface area contributed by atoms with Crippen LogP contribution in [-0.2, 0) is 20.4 Å². The van der Waals surface area contributed by atoms with E-state index in [-0.39, 0.29) is 24.8 Å². The summed E-state index contributed by atoms with van der Waals surface area (Å²) in [7, 11) is -1.69. The van der Waals surface area contributed by atoms with Crippen LogP contribution in [0, 0.1) is 0 Å². The summed E-state index contributed by atoms with van der Waals surface area (Å²) in [5, 5.41) is 1.42. The van der Waals surface area contributed by atoms with Gasteiger partial charge in [0.2, 0.25) is 0 Å². The summed E-state index contributed by atoms with van der Waals surface area (Å²) in [6, 6.07) is 0. The predicted molar refractivity (Wildman–Crippen MR) is 79.4 cm³/mol. The third-order valence-electron chi connectivity index (χ3n) is 2.83. The van der Waals surface area contributed by atoms with Crippen molar-refractivity contribution in [3.8, 4) is 0 Å². The van der Waals surface area contributed by atoms with Crippen molar-refractivity contribution in [3.05, 3.63) is 44.5 Å². The molecule has 0 saturated carbocycles. The molecule has 17 heavy (non-hydrogen) atoms. The standard InChI is InChI=1S/C12H14ClSi.2ClH.Ti/c1-14(2,13)12-9-5-8-11(12)10-6-3-4-7-10;;;/h3,5-6,9H,4,8H2,1-2H3;2*1H;. The topological polar surface area (TPSA) is 0 Å². The second-order valence-corrected chi connectivity index (χ2v) is 11.7. The molecular weight excluding hydrogens is 326 g/mol. The molecule has 0 aromatic rings. The Balaban J connectivity index is 0.00000128. The fourth-order valence-corrected chi connectivity index (χ4v) is 4.65. The van der Waals surface area contributed by atoms with E-state index in [0.717, 1.165) is 12.8 Å². The molecule has 2 aliphatic carbocycles. The van der Waals surface area contributed by atoms with Gasteiger partial charge >= 0.3 is 109 Å². The molecule has 0 fully saturated rings. The second kappa shape index (κ2) is 6.79. The molecule has 0 radical (unpaired) electrons. The molecule has 0 aromatic carbocycles. The van der Waals surface area contributed by atoms with Gasteiger partial charge in [-0.15, -0.1) is 24.8 Å². The molecular formula is C12H16Cl3SiTi. The summed E-state index contributed by atoms with van der Waals surface area (Å²) >= 11 is 8.77. The van der Waals surface area contributed by atoms with E-state index in [0.29, 0.717) is 0 Å². The monoisotopic (exact) mass is 341 g/mol. The maximum Gasteiger partial charge on any atom is -0.147 e. The molecule has 0 nitrogen and oxygen atoms in total. The number of hydrogen-bond acceptors (Lipinski definition) is 0. The first kappa shape index (κ1) is 17.8. The Kier molecular flexibility index (Phi) is 7.10. The summed E-state index contributed by atoms with van der Waals surface area (Å²) in [5.74, 6) is 0. The Morgan fingerprint density at radius 3 is 2.18 bits per heavy atom. The van der Waals surface area contributed by atoms with Crippen LogP contribution < -0.4 is 0 Å². The van der Waals surface area contributed by atoms with Crippen molar-refractivity contribution >= 4 is 43.3 Å².